The largest absolute Gasteiger partial charge is 0.497 e. The second-order valence-corrected chi connectivity index (χ2v) is 7.72. The topological polar surface area (TPSA) is 87.5 Å². The van der Waals surface area contributed by atoms with Crippen LogP contribution in [0.2, 0.25) is 0 Å². The van der Waals surface area contributed by atoms with Gasteiger partial charge in [-0.25, -0.2) is 4.68 Å². The molecule has 0 saturated heterocycles. The summed E-state index contributed by atoms with van der Waals surface area (Å²) in [6, 6.07) is 22.6. The molecule has 3 aromatic carbocycles. The van der Waals surface area contributed by atoms with Crippen LogP contribution in [0.1, 0.15) is 22.8 Å². The Morgan fingerprint density at radius 2 is 1.80 bits per heavy atom. The van der Waals surface area contributed by atoms with Gasteiger partial charge in [0.1, 0.15) is 12.4 Å². The number of methoxy groups -OCH3 is 1. The molecular formula is C27H28N4O4. The first-order valence-corrected chi connectivity index (χ1v) is 11.4. The lowest BCUT2D eigenvalue weighted by atomic mass is 10.1. The van der Waals surface area contributed by atoms with Gasteiger partial charge in [0.25, 0.3) is 5.91 Å². The molecule has 35 heavy (non-hydrogen) atoms. The first kappa shape index (κ1) is 24.0. The predicted octanol–water partition coefficient (Wildman–Crippen LogP) is 4.92. The number of hydrogen-bond acceptors (Lipinski definition) is 6. The summed E-state index contributed by atoms with van der Waals surface area (Å²) in [6.07, 6.45) is 0. The molecule has 0 saturated carbocycles. The van der Waals surface area contributed by atoms with E-state index in [4.69, 9.17) is 14.2 Å². The van der Waals surface area contributed by atoms with Crippen molar-refractivity contribution in [2.45, 2.75) is 13.8 Å². The summed E-state index contributed by atoms with van der Waals surface area (Å²) in [5.41, 5.74) is 3.90. The minimum atomic E-state index is -0.220. The van der Waals surface area contributed by atoms with Crippen LogP contribution < -0.4 is 14.8 Å². The van der Waals surface area contributed by atoms with Crippen molar-refractivity contribution in [3.63, 3.8) is 0 Å². The van der Waals surface area contributed by atoms with Crippen molar-refractivity contribution in [2.24, 2.45) is 0 Å². The number of hydrogen-bond donors (Lipinski definition) is 1. The average Bonchev–Trinajstić information content (AvgIpc) is 3.31. The van der Waals surface area contributed by atoms with Crippen LogP contribution in [0.15, 0.2) is 72.8 Å². The summed E-state index contributed by atoms with van der Waals surface area (Å²) in [6.45, 7) is 5.38. The van der Waals surface area contributed by atoms with Gasteiger partial charge in [-0.15, -0.1) is 5.10 Å². The number of benzene rings is 3. The number of aryl methyl sites for hydroxylation is 1. The second-order valence-electron chi connectivity index (χ2n) is 7.72. The quantitative estimate of drug-likeness (QED) is 0.330. The van der Waals surface area contributed by atoms with Crippen molar-refractivity contribution < 1.29 is 19.0 Å². The van der Waals surface area contributed by atoms with E-state index in [0.717, 1.165) is 16.8 Å². The van der Waals surface area contributed by atoms with Gasteiger partial charge in [0.05, 0.1) is 19.4 Å². The van der Waals surface area contributed by atoms with Crippen molar-refractivity contribution in [3.05, 3.63) is 83.9 Å². The van der Waals surface area contributed by atoms with Gasteiger partial charge in [-0.1, -0.05) is 30.3 Å². The van der Waals surface area contributed by atoms with Crippen LogP contribution in [0.4, 0.5) is 5.69 Å². The Balaban J connectivity index is 1.63. The van der Waals surface area contributed by atoms with Crippen molar-refractivity contribution >= 4 is 11.6 Å². The molecule has 1 aromatic heterocycles. The number of carbonyl (C=O) groups excluding carboxylic acids is 1. The fraction of sp³-hybridized carbons (Fsp3) is 0.222. The molecule has 8 heteroatoms. The van der Waals surface area contributed by atoms with Gasteiger partial charge in [0, 0.05) is 23.4 Å². The molecular weight excluding hydrogens is 444 g/mol. The van der Waals surface area contributed by atoms with E-state index in [1.165, 1.54) is 0 Å². The van der Waals surface area contributed by atoms with Crippen molar-refractivity contribution in [1.29, 1.82) is 0 Å². The third-order valence-electron chi connectivity index (χ3n) is 5.34. The van der Waals surface area contributed by atoms with Gasteiger partial charge in [0.2, 0.25) is 0 Å². The third-order valence-corrected chi connectivity index (χ3v) is 5.34. The van der Waals surface area contributed by atoms with Crippen LogP contribution >= 0.6 is 0 Å². The highest BCUT2D eigenvalue weighted by Crippen LogP contribution is 2.27. The van der Waals surface area contributed by atoms with E-state index in [1.807, 2.05) is 62.4 Å². The highest BCUT2D eigenvalue weighted by Gasteiger charge is 2.17. The molecule has 1 N–H and O–H groups in total. The van der Waals surface area contributed by atoms with E-state index in [2.05, 4.69) is 15.4 Å². The lowest BCUT2D eigenvalue weighted by molar-refractivity contribution is 0.102. The smallest absolute Gasteiger partial charge is 0.336 e. The Bertz CT molecular complexity index is 1280. The molecule has 180 valence electrons. The fourth-order valence-corrected chi connectivity index (χ4v) is 3.53. The molecule has 8 nitrogen and oxygen atoms in total. The number of aromatic nitrogens is 3. The summed E-state index contributed by atoms with van der Waals surface area (Å²) in [5.74, 6) is 1.12. The average molecular weight is 473 g/mol. The van der Waals surface area contributed by atoms with E-state index in [-0.39, 0.29) is 11.9 Å². The maximum Gasteiger partial charge on any atom is 0.336 e. The molecule has 0 aliphatic rings. The molecule has 0 radical (unpaired) electrons. The molecule has 1 amide bonds. The number of ether oxygens (including phenoxy) is 3. The van der Waals surface area contributed by atoms with E-state index in [9.17, 15) is 4.79 Å². The SMILES string of the molecule is CCOCCOc1nc(-c2ccccc2C)n(-c2cccc(NC(=O)c3ccc(OC)cc3)c2)n1. The summed E-state index contributed by atoms with van der Waals surface area (Å²) in [5, 5.41) is 7.54. The highest BCUT2D eigenvalue weighted by molar-refractivity contribution is 6.04. The van der Waals surface area contributed by atoms with Crippen molar-refractivity contribution in [3.8, 4) is 28.8 Å². The van der Waals surface area contributed by atoms with E-state index < -0.39 is 0 Å². The zero-order valence-electron chi connectivity index (χ0n) is 20.0. The number of nitrogens with zero attached hydrogens (tertiary/aromatic N) is 3. The second kappa shape index (κ2) is 11.3. The maximum absolute atomic E-state index is 12.8. The van der Waals surface area contributed by atoms with Crippen LogP contribution in [-0.2, 0) is 4.74 Å². The molecule has 0 aliphatic heterocycles. The van der Waals surface area contributed by atoms with Crippen LogP contribution in [0, 0.1) is 6.92 Å². The molecule has 0 bridgehead atoms. The van der Waals surface area contributed by atoms with E-state index >= 15 is 0 Å². The Kier molecular flexibility index (Phi) is 7.74. The lowest BCUT2D eigenvalue weighted by Gasteiger charge is -2.10. The first-order valence-electron chi connectivity index (χ1n) is 11.4. The van der Waals surface area contributed by atoms with E-state index in [1.54, 1.807) is 36.1 Å². The number of nitrogens with one attached hydrogen (secondary N) is 1. The van der Waals surface area contributed by atoms with Crippen LogP contribution in [0.25, 0.3) is 17.1 Å². The number of anilines is 1. The van der Waals surface area contributed by atoms with Gasteiger partial charge < -0.3 is 19.5 Å². The van der Waals surface area contributed by atoms with Gasteiger partial charge in [-0.3, -0.25) is 4.79 Å². The Morgan fingerprint density at radius 3 is 2.54 bits per heavy atom. The molecule has 0 aliphatic carbocycles. The van der Waals surface area contributed by atoms with Crippen LogP contribution in [-0.4, -0.2) is 47.6 Å². The van der Waals surface area contributed by atoms with Crippen LogP contribution in [0.5, 0.6) is 11.8 Å². The summed E-state index contributed by atoms with van der Waals surface area (Å²) in [4.78, 5) is 17.4. The van der Waals surface area contributed by atoms with Gasteiger partial charge >= 0.3 is 6.01 Å². The predicted molar refractivity (Wildman–Crippen MR) is 134 cm³/mol. The van der Waals surface area contributed by atoms with E-state index in [0.29, 0.717) is 42.6 Å². The van der Waals surface area contributed by atoms with Gasteiger partial charge in [-0.2, -0.15) is 4.98 Å². The summed E-state index contributed by atoms with van der Waals surface area (Å²) in [7, 11) is 1.59. The minimum Gasteiger partial charge on any atom is -0.497 e. The van der Waals surface area contributed by atoms with Gasteiger partial charge in [-0.05, 0) is 61.9 Å². The van der Waals surface area contributed by atoms with Gasteiger partial charge in [0.15, 0.2) is 5.82 Å². The Hall–Kier alpha value is -4.17. The normalized spacial score (nSPS) is 10.7. The summed E-state index contributed by atoms with van der Waals surface area (Å²) >= 11 is 0. The highest BCUT2D eigenvalue weighted by atomic mass is 16.5. The number of carbonyl (C=O) groups is 1. The number of amides is 1. The molecule has 0 atom stereocenters. The van der Waals surface area contributed by atoms with Crippen LogP contribution in [0.3, 0.4) is 0 Å². The molecule has 4 aromatic rings. The zero-order valence-corrected chi connectivity index (χ0v) is 20.0. The lowest BCUT2D eigenvalue weighted by Crippen LogP contribution is -2.12. The molecule has 0 spiro atoms. The molecule has 0 fully saturated rings. The Morgan fingerprint density at radius 1 is 1.00 bits per heavy atom. The monoisotopic (exact) mass is 472 g/mol. The molecule has 1 heterocycles. The zero-order chi connectivity index (χ0) is 24.6. The first-order chi connectivity index (χ1) is 17.1. The third kappa shape index (κ3) is 5.85. The fourth-order valence-electron chi connectivity index (χ4n) is 3.53. The molecule has 4 rings (SSSR count). The maximum atomic E-state index is 12.8. The standard InChI is InChI=1S/C27H28N4O4/c1-4-34-16-17-35-27-29-25(24-11-6-5-8-19(24)2)31(30-27)22-10-7-9-21(18-22)28-26(32)20-12-14-23(33-3)15-13-20/h5-15,18H,4,16-17H2,1-3H3,(H,28,32). The van der Waals surface area contributed by atoms with Crippen molar-refractivity contribution in [1.82, 2.24) is 14.8 Å². The molecule has 0 unspecified atom stereocenters. The summed E-state index contributed by atoms with van der Waals surface area (Å²) < 4.78 is 18.0. The minimum absolute atomic E-state index is 0.220. The number of rotatable bonds is 10. The van der Waals surface area contributed by atoms with Crippen molar-refractivity contribution in [2.75, 3.05) is 32.2 Å². The Labute approximate surface area is 204 Å².